The molecule has 1 N–H and O–H groups in total. The number of carbonyl (C=O) groups excluding carboxylic acids is 1. The first-order valence-electron chi connectivity index (χ1n) is 8.99. The molecule has 138 valence electrons. The average molecular weight is 365 g/mol. The summed E-state index contributed by atoms with van der Waals surface area (Å²) in [4.78, 5) is 14.6. The smallest absolute Gasteiger partial charge is 0.251 e. The zero-order chi connectivity index (χ0) is 18.0. The highest BCUT2D eigenvalue weighted by Gasteiger charge is 2.28. The van der Waals surface area contributed by atoms with Crippen molar-refractivity contribution in [2.45, 2.75) is 37.1 Å². The lowest BCUT2D eigenvalue weighted by molar-refractivity contribution is 0.0951. The van der Waals surface area contributed by atoms with Crippen LogP contribution in [0.1, 0.15) is 36.5 Å². The van der Waals surface area contributed by atoms with Crippen molar-refractivity contribution in [1.82, 2.24) is 14.5 Å². The van der Waals surface area contributed by atoms with Crippen molar-refractivity contribution in [3.05, 3.63) is 29.8 Å². The van der Waals surface area contributed by atoms with Gasteiger partial charge in [0.25, 0.3) is 5.91 Å². The molecule has 25 heavy (non-hydrogen) atoms. The molecule has 0 radical (unpaired) electrons. The summed E-state index contributed by atoms with van der Waals surface area (Å²) in [5, 5.41) is 2.91. The van der Waals surface area contributed by atoms with Crippen LogP contribution in [0.15, 0.2) is 29.2 Å². The van der Waals surface area contributed by atoms with Crippen LogP contribution < -0.4 is 5.32 Å². The molecular weight excluding hydrogens is 338 g/mol. The Balaban J connectivity index is 1.63. The molecule has 1 heterocycles. The van der Waals surface area contributed by atoms with Gasteiger partial charge in [-0.3, -0.25) is 4.79 Å². The third-order valence-electron chi connectivity index (χ3n) is 5.07. The molecule has 1 saturated heterocycles. The Morgan fingerprint density at radius 1 is 1.24 bits per heavy atom. The van der Waals surface area contributed by atoms with E-state index in [1.165, 1.54) is 16.4 Å². The number of hydrogen-bond acceptors (Lipinski definition) is 4. The van der Waals surface area contributed by atoms with Crippen LogP contribution in [0.25, 0.3) is 0 Å². The van der Waals surface area contributed by atoms with Crippen LogP contribution in [0, 0.1) is 5.92 Å². The molecule has 1 aliphatic carbocycles. The van der Waals surface area contributed by atoms with Gasteiger partial charge in [0.15, 0.2) is 0 Å². The first-order chi connectivity index (χ1) is 11.9. The van der Waals surface area contributed by atoms with Crippen molar-refractivity contribution in [3.63, 3.8) is 0 Å². The summed E-state index contributed by atoms with van der Waals surface area (Å²) in [6.07, 6.45) is 3.09. The lowest BCUT2D eigenvalue weighted by atomic mass is 10.1. The van der Waals surface area contributed by atoms with E-state index >= 15 is 0 Å². The maximum absolute atomic E-state index is 12.8. The molecule has 0 bridgehead atoms. The van der Waals surface area contributed by atoms with Gasteiger partial charge in [0, 0.05) is 31.7 Å². The van der Waals surface area contributed by atoms with Crippen molar-refractivity contribution in [3.8, 4) is 0 Å². The van der Waals surface area contributed by atoms with Crippen LogP contribution in [-0.2, 0) is 10.0 Å². The monoisotopic (exact) mass is 365 g/mol. The lowest BCUT2D eigenvalue weighted by Gasteiger charge is -2.21. The minimum Gasteiger partial charge on any atom is -0.349 e. The summed E-state index contributed by atoms with van der Waals surface area (Å²) in [6.45, 7) is 5.67. The minimum atomic E-state index is -3.52. The van der Waals surface area contributed by atoms with Crippen molar-refractivity contribution < 1.29 is 13.2 Å². The molecule has 2 fully saturated rings. The van der Waals surface area contributed by atoms with Crippen LogP contribution >= 0.6 is 0 Å². The van der Waals surface area contributed by atoms with Crippen LogP contribution in [0.5, 0.6) is 0 Å². The summed E-state index contributed by atoms with van der Waals surface area (Å²) in [5.41, 5.74) is 0.503. The fraction of sp³-hybridized carbons (Fsp3) is 0.611. The molecule has 1 saturated carbocycles. The molecule has 6 nitrogen and oxygen atoms in total. The Hall–Kier alpha value is -1.44. The van der Waals surface area contributed by atoms with Crippen LogP contribution in [-0.4, -0.2) is 62.8 Å². The molecule has 0 spiro atoms. The number of amides is 1. The van der Waals surface area contributed by atoms with Crippen LogP contribution in [0.2, 0.25) is 0 Å². The predicted octanol–water partition coefficient (Wildman–Crippen LogP) is 1.54. The number of nitrogens with one attached hydrogen (secondary N) is 1. The number of sulfonamides is 1. The van der Waals surface area contributed by atoms with Gasteiger partial charge in [0.2, 0.25) is 10.0 Å². The molecule has 0 aromatic heterocycles. The SMILES string of the molecule is CCN1CC[C@H](CN(C)S(=O)(=O)c2ccc(C(=O)NC3CC3)cc2)C1. The number of carbonyl (C=O) groups is 1. The van der Waals surface area contributed by atoms with Gasteiger partial charge in [-0.05, 0) is 62.5 Å². The van der Waals surface area contributed by atoms with Gasteiger partial charge in [0.1, 0.15) is 0 Å². The number of benzene rings is 1. The number of hydrogen-bond donors (Lipinski definition) is 1. The molecule has 2 aliphatic rings. The van der Waals surface area contributed by atoms with E-state index in [9.17, 15) is 13.2 Å². The van der Waals surface area contributed by atoms with Crippen molar-refractivity contribution in [2.24, 2.45) is 5.92 Å². The highest BCUT2D eigenvalue weighted by atomic mass is 32.2. The van der Waals surface area contributed by atoms with Crippen LogP contribution in [0.4, 0.5) is 0 Å². The van der Waals surface area contributed by atoms with Crippen molar-refractivity contribution >= 4 is 15.9 Å². The second-order valence-corrected chi connectivity index (χ2v) is 9.15. The fourth-order valence-corrected chi connectivity index (χ4v) is 4.51. The van der Waals surface area contributed by atoms with Crippen molar-refractivity contribution in [1.29, 1.82) is 0 Å². The lowest BCUT2D eigenvalue weighted by Crippen LogP contribution is -2.33. The topological polar surface area (TPSA) is 69.7 Å². The van der Waals surface area contributed by atoms with E-state index in [-0.39, 0.29) is 16.8 Å². The first kappa shape index (κ1) is 18.4. The van der Waals surface area contributed by atoms with Gasteiger partial charge in [0.05, 0.1) is 4.90 Å². The Morgan fingerprint density at radius 2 is 1.92 bits per heavy atom. The first-order valence-corrected chi connectivity index (χ1v) is 10.4. The number of rotatable bonds is 7. The Kier molecular flexibility index (Phi) is 5.46. The van der Waals surface area contributed by atoms with Crippen molar-refractivity contribution in [2.75, 3.05) is 33.2 Å². The Morgan fingerprint density at radius 3 is 2.48 bits per heavy atom. The summed E-state index contributed by atoms with van der Waals surface area (Å²) < 4.78 is 26.9. The fourth-order valence-electron chi connectivity index (χ4n) is 3.27. The van der Waals surface area contributed by atoms with Crippen LogP contribution in [0.3, 0.4) is 0 Å². The van der Waals surface area contributed by atoms with E-state index in [2.05, 4.69) is 17.1 Å². The average Bonchev–Trinajstić information content (AvgIpc) is 3.30. The molecule has 1 aliphatic heterocycles. The molecule has 1 amide bonds. The second-order valence-electron chi connectivity index (χ2n) is 7.11. The van der Waals surface area contributed by atoms with Gasteiger partial charge in [-0.2, -0.15) is 0 Å². The van der Waals surface area contributed by atoms with E-state index in [4.69, 9.17) is 0 Å². The summed E-state index contributed by atoms with van der Waals surface area (Å²) in [5.74, 6) is 0.244. The molecule has 1 aromatic rings. The molecule has 1 aromatic carbocycles. The predicted molar refractivity (Wildman–Crippen MR) is 97.0 cm³/mol. The standard InChI is InChI=1S/C18H27N3O3S/c1-3-21-11-10-14(13-21)12-20(2)25(23,24)17-8-4-15(5-9-17)18(22)19-16-6-7-16/h4-5,8-9,14,16H,3,6-7,10-13H2,1-2H3,(H,19,22)/t14-/m1/s1. The Bertz CT molecular complexity index is 714. The van der Waals surface area contributed by atoms with Gasteiger partial charge in [-0.15, -0.1) is 0 Å². The highest BCUT2D eigenvalue weighted by molar-refractivity contribution is 7.89. The number of likely N-dealkylation sites (tertiary alicyclic amines) is 1. The van der Waals surface area contributed by atoms with E-state index in [1.807, 2.05) is 0 Å². The molecule has 3 rings (SSSR count). The zero-order valence-electron chi connectivity index (χ0n) is 14.9. The van der Waals surface area contributed by atoms with E-state index in [0.717, 1.165) is 38.9 Å². The van der Waals surface area contributed by atoms with E-state index < -0.39 is 10.0 Å². The summed E-state index contributed by atoms with van der Waals surface area (Å²) in [6, 6.07) is 6.53. The maximum atomic E-state index is 12.8. The minimum absolute atomic E-state index is 0.134. The normalized spacial score (nSPS) is 21.6. The second kappa shape index (κ2) is 7.43. The highest BCUT2D eigenvalue weighted by Crippen LogP contribution is 2.22. The van der Waals surface area contributed by atoms with Gasteiger partial charge < -0.3 is 10.2 Å². The molecular formula is C18H27N3O3S. The quantitative estimate of drug-likeness (QED) is 0.796. The van der Waals surface area contributed by atoms with Gasteiger partial charge in [-0.1, -0.05) is 6.92 Å². The van der Waals surface area contributed by atoms with E-state index in [1.54, 1.807) is 19.2 Å². The molecule has 7 heteroatoms. The molecule has 1 atom stereocenters. The zero-order valence-corrected chi connectivity index (χ0v) is 15.8. The third kappa shape index (κ3) is 4.40. The largest absolute Gasteiger partial charge is 0.349 e. The van der Waals surface area contributed by atoms with Gasteiger partial charge in [-0.25, -0.2) is 12.7 Å². The number of nitrogens with zero attached hydrogens (tertiary/aromatic N) is 2. The van der Waals surface area contributed by atoms with E-state index in [0.29, 0.717) is 18.0 Å². The van der Waals surface area contributed by atoms with Gasteiger partial charge >= 0.3 is 0 Å². The molecule has 0 unspecified atom stereocenters. The summed E-state index contributed by atoms with van der Waals surface area (Å²) in [7, 11) is -1.88. The maximum Gasteiger partial charge on any atom is 0.251 e. The third-order valence-corrected chi connectivity index (χ3v) is 6.91. The Labute approximate surface area is 150 Å². The summed E-state index contributed by atoms with van der Waals surface area (Å²) >= 11 is 0.